The number of hydrogen-bond acceptors (Lipinski definition) is 3. The molecule has 0 saturated carbocycles. The zero-order chi connectivity index (χ0) is 17.6. The highest BCUT2D eigenvalue weighted by Gasteiger charge is 2.25. The Balaban J connectivity index is 3.66. The number of rotatable bonds is 15. The zero-order valence-corrected chi connectivity index (χ0v) is 15.7. The van der Waals surface area contributed by atoms with E-state index in [1.807, 2.05) is 0 Å². The van der Waals surface area contributed by atoms with E-state index in [-0.39, 0.29) is 5.75 Å². The Labute approximate surface area is 144 Å². The van der Waals surface area contributed by atoms with E-state index in [4.69, 9.17) is 5.73 Å². The Bertz CT molecular complexity index is 322. The summed E-state index contributed by atoms with van der Waals surface area (Å²) >= 11 is -2.19. The van der Waals surface area contributed by atoms with Crippen LogP contribution in [-0.4, -0.2) is 26.1 Å². The minimum atomic E-state index is -2.19. The fourth-order valence-corrected chi connectivity index (χ4v) is 3.64. The number of nitrogens with two attached hydrogens (primary N) is 1. The van der Waals surface area contributed by atoms with Crippen molar-refractivity contribution < 1.29 is 13.6 Å². The van der Waals surface area contributed by atoms with Crippen LogP contribution in [0.2, 0.25) is 0 Å². The fourth-order valence-electron chi connectivity index (χ4n) is 2.91. The predicted octanol–water partition coefficient (Wildman–Crippen LogP) is 3.99. The summed E-state index contributed by atoms with van der Waals surface area (Å²) in [5.41, 5.74) is 4.38. The Morgan fingerprint density at radius 3 is 1.83 bits per heavy atom. The molecule has 138 valence electrons. The van der Waals surface area contributed by atoms with Gasteiger partial charge in [0.15, 0.2) is 0 Å². The lowest BCUT2D eigenvalue weighted by Crippen LogP contribution is -2.51. The molecule has 2 amide bonds. The molecule has 0 spiro atoms. The lowest BCUT2D eigenvalue weighted by Gasteiger charge is -2.31. The van der Waals surface area contributed by atoms with Crippen molar-refractivity contribution in [1.29, 1.82) is 0 Å². The molecule has 0 fully saturated rings. The summed E-state index contributed by atoms with van der Waals surface area (Å²) in [6, 6.07) is -0.666. The molecule has 0 aliphatic carbocycles. The molecule has 0 radical (unpaired) electrons. The smallest absolute Gasteiger partial charge is 0.312 e. The highest BCUT2D eigenvalue weighted by molar-refractivity contribution is 7.79. The van der Waals surface area contributed by atoms with E-state index < -0.39 is 22.7 Å². The number of carbonyl (C=O) groups excluding carboxylic acids is 1. The third-order valence-corrected chi connectivity index (χ3v) is 5.07. The van der Waals surface area contributed by atoms with Crippen molar-refractivity contribution in [3.8, 4) is 0 Å². The minimum absolute atomic E-state index is 0.0896. The second-order valence-electron chi connectivity index (χ2n) is 6.78. The number of unbranched alkanes of at least 4 members (excludes halogenated alkanes) is 10. The lowest BCUT2D eigenvalue weighted by atomic mass is 9.95. The summed E-state index contributed by atoms with van der Waals surface area (Å²) < 4.78 is 21.8. The van der Waals surface area contributed by atoms with Crippen LogP contribution in [0, 0.1) is 0 Å². The Kier molecular flexibility index (Phi) is 13.4. The van der Waals surface area contributed by atoms with Crippen LogP contribution < -0.4 is 11.1 Å². The molecule has 5 nitrogen and oxygen atoms in total. The minimum Gasteiger partial charge on any atom is -0.772 e. The normalized spacial score (nSPS) is 15.1. The second kappa shape index (κ2) is 13.8. The van der Waals surface area contributed by atoms with Crippen molar-refractivity contribution in [2.75, 3.05) is 5.75 Å². The van der Waals surface area contributed by atoms with Gasteiger partial charge in [0.1, 0.15) is 0 Å². The van der Waals surface area contributed by atoms with Gasteiger partial charge >= 0.3 is 6.03 Å². The molecule has 0 bridgehead atoms. The Morgan fingerprint density at radius 2 is 1.43 bits per heavy atom. The van der Waals surface area contributed by atoms with E-state index in [0.29, 0.717) is 6.42 Å². The average molecular weight is 348 g/mol. The van der Waals surface area contributed by atoms with Crippen LogP contribution in [0.15, 0.2) is 0 Å². The molecule has 2 unspecified atom stereocenters. The zero-order valence-electron chi connectivity index (χ0n) is 14.9. The van der Waals surface area contributed by atoms with Gasteiger partial charge in [-0.05, 0) is 13.3 Å². The molecule has 0 aliphatic rings. The fraction of sp³-hybridized carbons (Fsp3) is 0.941. The van der Waals surface area contributed by atoms with Crippen molar-refractivity contribution in [2.24, 2.45) is 5.73 Å². The van der Waals surface area contributed by atoms with Gasteiger partial charge in [-0.2, -0.15) is 0 Å². The highest BCUT2D eigenvalue weighted by atomic mass is 32.2. The second-order valence-corrected chi connectivity index (χ2v) is 7.68. The van der Waals surface area contributed by atoms with Gasteiger partial charge in [-0.25, -0.2) is 4.79 Å². The van der Waals surface area contributed by atoms with Gasteiger partial charge in [0, 0.05) is 11.3 Å². The summed E-state index contributed by atoms with van der Waals surface area (Å²) in [5, 5.41) is 2.57. The summed E-state index contributed by atoms with van der Waals surface area (Å²) in [7, 11) is 0. The molecule has 6 heteroatoms. The van der Waals surface area contributed by atoms with E-state index in [2.05, 4.69) is 12.2 Å². The topological polar surface area (TPSA) is 95.2 Å². The van der Waals surface area contributed by atoms with Crippen molar-refractivity contribution in [3.63, 3.8) is 0 Å². The lowest BCUT2D eigenvalue weighted by molar-refractivity contribution is 0.235. The van der Waals surface area contributed by atoms with Gasteiger partial charge in [0.2, 0.25) is 0 Å². The molecule has 23 heavy (non-hydrogen) atoms. The van der Waals surface area contributed by atoms with Crippen LogP contribution in [0.25, 0.3) is 0 Å². The van der Waals surface area contributed by atoms with Crippen LogP contribution in [0.4, 0.5) is 4.79 Å². The molecule has 0 aromatic rings. The van der Waals surface area contributed by atoms with Crippen LogP contribution in [0.1, 0.15) is 90.9 Å². The molecule has 0 aromatic heterocycles. The van der Waals surface area contributed by atoms with E-state index in [0.717, 1.165) is 12.8 Å². The van der Waals surface area contributed by atoms with E-state index in [1.54, 1.807) is 6.92 Å². The first-order valence-corrected chi connectivity index (χ1v) is 10.3. The van der Waals surface area contributed by atoms with Gasteiger partial charge in [0.25, 0.3) is 0 Å². The molecule has 0 rings (SSSR count). The maximum Gasteiger partial charge on any atom is 0.312 e. The van der Waals surface area contributed by atoms with E-state index in [1.165, 1.54) is 57.8 Å². The first-order chi connectivity index (χ1) is 10.9. The molecule has 0 saturated heterocycles. The molecule has 2 atom stereocenters. The average Bonchev–Trinajstić information content (AvgIpc) is 2.43. The number of primary amides is 1. The highest BCUT2D eigenvalue weighted by Crippen LogP contribution is 2.18. The monoisotopic (exact) mass is 347 g/mol. The van der Waals surface area contributed by atoms with Crippen LogP contribution in [0.5, 0.6) is 0 Å². The maximum absolute atomic E-state index is 11.0. The number of nitrogens with one attached hydrogen (secondary N) is 1. The summed E-state index contributed by atoms with van der Waals surface area (Å²) in [4.78, 5) is 11.0. The van der Waals surface area contributed by atoms with Crippen LogP contribution in [-0.2, 0) is 11.1 Å². The van der Waals surface area contributed by atoms with Gasteiger partial charge in [-0.15, -0.1) is 0 Å². The Morgan fingerprint density at radius 1 is 1.00 bits per heavy atom. The summed E-state index contributed by atoms with van der Waals surface area (Å²) in [6.07, 6.45) is 14.3. The summed E-state index contributed by atoms with van der Waals surface area (Å²) in [6.45, 7) is 3.97. The van der Waals surface area contributed by atoms with Crippen molar-refractivity contribution >= 4 is 17.1 Å². The van der Waals surface area contributed by atoms with Gasteiger partial charge < -0.3 is 15.6 Å². The number of hydrogen-bond donors (Lipinski definition) is 2. The molecule has 3 N–H and O–H groups in total. The molecule has 0 aliphatic heterocycles. The third kappa shape index (κ3) is 14.7. The van der Waals surface area contributed by atoms with Crippen molar-refractivity contribution in [3.05, 3.63) is 0 Å². The molecular formula is C17H35N2O3S-. The van der Waals surface area contributed by atoms with Crippen LogP contribution >= 0.6 is 0 Å². The van der Waals surface area contributed by atoms with Crippen molar-refractivity contribution in [2.45, 2.75) is 96.4 Å². The van der Waals surface area contributed by atoms with Gasteiger partial charge in [0.05, 0.1) is 0 Å². The quantitative estimate of drug-likeness (QED) is 0.346. The number of carbonyl (C=O) groups is 1. The Hall–Kier alpha value is -0.620. The predicted molar refractivity (Wildman–Crippen MR) is 96.0 cm³/mol. The van der Waals surface area contributed by atoms with Gasteiger partial charge in [-0.3, -0.25) is 4.21 Å². The first-order valence-electron chi connectivity index (χ1n) is 9.03. The van der Waals surface area contributed by atoms with Crippen LogP contribution in [0.3, 0.4) is 0 Å². The molecule has 0 heterocycles. The first kappa shape index (κ1) is 22.4. The standard InChI is InChI=1S/C17H36N2O3S/c1-3-4-5-6-7-8-9-10-11-12-13-14-17(2,15-23(21)22)19-16(18)20/h3-15H2,1-2H3,(H,21,22)(H3,18,19,20)/p-1. The van der Waals surface area contributed by atoms with E-state index >= 15 is 0 Å². The maximum atomic E-state index is 11.0. The number of amides is 2. The van der Waals surface area contributed by atoms with Crippen molar-refractivity contribution in [1.82, 2.24) is 5.32 Å². The molecule has 0 aromatic carbocycles. The third-order valence-electron chi connectivity index (χ3n) is 4.19. The van der Waals surface area contributed by atoms with Gasteiger partial charge in [-0.1, -0.05) is 88.6 Å². The largest absolute Gasteiger partial charge is 0.772 e. The summed E-state index contributed by atoms with van der Waals surface area (Å²) in [5.74, 6) is -0.0896. The SMILES string of the molecule is CCCCCCCCCCCCCC(C)(CS(=O)[O-])NC(N)=O. The number of urea groups is 1. The molecular weight excluding hydrogens is 312 g/mol. The van der Waals surface area contributed by atoms with E-state index in [9.17, 15) is 13.6 Å².